The first-order valence-electron chi connectivity index (χ1n) is 5.37. The predicted molar refractivity (Wildman–Crippen MR) is 77.3 cm³/mol. The van der Waals surface area contributed by atoms with E-state index >= 15 is 0 Å². The van der Waals surface area contributed by atoms with E-state index in [0.717, 1.165) is 15.7 Å². The summed E-state index contributed by atoms with van der Waals surface area (Å²) in [4.78, 5) is 12.1. The van der Waals surface area contributed by atoms with Gasteiger partial charge in [-0.2, -0.15) is 0 Å². The SMILES string of the molecule is Cc1ccc(Br)cc1NC(=O)c1cc(Cl)cn1C. The number of anilines is 1. The summed E-state index contributed by atoms with van der Waals surface area (Å²) in [6, 6.07) is 7.39. The van der Waals surface area contributed by atoms with E-state index in [4.69, 9.17) is 11.6 Å². The van der Waals surface area contributed by atoms with Crippen LogP contribution in [0.25, 0.3) is 0 Å². The number of hydrogen-bond donors (Lipinski definition) is 1. The van der Waals surface area contributed by atoms with Crippen LogP contribution in [0.15, 0.2) is 34.9 Å². The van der Waals surface area contributed by atoms with Gasteiger partial charge in [-0.1, -0.05) is 33.6 Å². The third kappa shape index (κ3) is 2.76. The number of carbonyl (C=O) groups is 1. The maximum absolute atomic E-state index is 12.1. The summed E-state index contributed by atoms with van der Waals surface area (Å²) in [5.74, 6) is -0.175. The molecule has 0 aliphatic carbocycles. The largest absolute Gasteiger partial charge is 0.345 e. The Bertz CT molecular complexity index is 607. The molecule has 2 rings (SSSR count). The van der Waals surface area contributed by atoms with Crippen molar-refractivity contribution in [2.45, 2.75) is 6.92 Å². The molecular formula is C13H12BrClN2O. The van der Waals surface area contributed by atoms with Gasteiger partial charge in [-0.25, -0.2) is 0 Å². The number of aromatic nitrogens is 1. The molecule has 0 radical (unpaired) electrons. The number of rotatable bonds is 2. The summed E-state index contributed by atoms with van der Waals surface area (Å²) in [6.07, 6.45) is 1.70. The highest BCUT2D eigenvalue weighted by molar-refractivity contribution is 9.10. The molecule has 94 valence electrons. The summed E-state index contributed by atoms with van der Waals surface area (Å²) >= 11 is 9.24. The molecule has 0 saturated heterocycles. The van der Waals surface area contributed by atoms with Gasteiger partial charge in [0.25, 0.3) is 5.91 Å². The zero-order chi connectivity index (χ0) is 13.3. The van der Waals surface area contributed by atoms with Crippen molar-refractivity contribution in [3.8, 4) is 0 Å². The van der Waals surface area contributed by atoms with Crippen LogP contribution in [0.1, 0.15) is 16.1 Å². The quantitative estimate of drug-likeness (QED) is 0.888. The lowest BCUT2D eigenvalue weighted by Crippen LogP contribution is -2.15. The Balaban J connectivity index is 2.26. The van der Waals surface area contributed by atoms with Crippen LogP contribution in [0, 0.1) is 6.92 Å². The van der Waals surface area contributed by atoms with E-state index in [2.05, 4.69) is 21.2 Å². The number of aryl methyl sites for hydroxylation is 2. The molecule has 0 aliphatic heterocycles. The molecule has 1 amide bonds. The molecule has 0 aliphatic rings. The number of benzene rings is 1. The molecule has 0 bridgehead atoms. The molecular weight excluding hydrogens is 316 g/mol. The molecule has 0 saturated carbocycles. The van der Waals surface area contributed by atoms with Gasteiger partial charge >= 0.3 is 0 Å². The van der Waals surface area contributed by atoms with Crippen molar-refractivity contribution in [2.24, 2.45) is 7.05 Å². The van der Waals surface area contributed by atoms with Gasteiger partial charge < -0.3 is 9.88 Å². The highest BCUT2D eigenvalue weighted by Gasteiger charge is 2.12. The van der Waals surface area contributed by atoms with E-state index in [-0.39, 0.29) is 5.91 Å². The average molecular weight is 328 g/mol. The fourth-order valence-corrected chi connectivity index (χ4v) is 2.28. The Kier molecular flexibility index (Phi) is 3.78. The molecule has 0 spiro atoms. The molecule has 18 heavy (non-hydrogen) atoms. The summed E-state index contributed by atoms with van der Waals surface area (Å²) in [5.41, 5.74) is 2.32. The van der Waals surface area contributed by atoms with Gasteiger partial charge in [0.05, 0.1) is 5.02 Å². The third-order valence-electron chi connectivity index (χ3n) is 2.65. The lowest BCUT2D eigenvalue weighted by Gasteiger charge is -2.09. The molecule has 1 aromatic carbocycles. The minimum atomic E-state index is -0.175. The van der Waals surface area contributed by atoms with Crippen molar-refractivity contribution in [2.75, 3.05) is 5.32 Å². The maximum Gasteiger partial charge on any atom is 0.272 e. The second-order valence-electron chi connectivity index (χ2n) is 4.07. The molecule has 1 heterocycles. The van der Waals surface area contributed by atoms with Crippen LogP contribution in [-0.2, 0) is 7.05 Å². The lowest BCUT2D eigenvalue weighted by atomic mass is 10.2. The van der Waals surface area contributed by atoms with Gasteiger partial charge in [0, 0.05) is 23.4 Å². The van der Waals surface area contributed by atoms with Gasteiger partial charge in [0.15, 0.2) is 0 Å². The van der Waals surface area contributed by atoms with Crippen LogP contribution in [0.5, 0.6) is 0 Å². The van der Waals surface area contributed by atoms with Crippen molar-refractivity contribution in [1.29, 1.82) is 0 Å². The number of nitrogens with one attached hydrogen (secondary N) is 1. The minimum absolute atomic E-state index is 0.175. The van der Waals surface area contributed by atoms with Crippen LogP contribution in [0.2, 0.25) is 5.02 Å². The van der Waals surface area contributed by atoms with Crippen LogP contribution in [-0.4, -0.2) is 10.5 Å². The lowest BCUT2D eigenvalue weighted by molar-refractivity contribution is 0.101. The molecule has 0 atom stereocenters. The second-order valence-corrected chi connectivity index (χ2v) is 5.42. The molecule has 2 aromatic rings. The normalized spacial score (nSPS) is 10.4. The van der Waals surface area contributed by atoms with Crippen LogP contribution >= 0.6 is 27.5 Å². The zero-order valence-electron chi connectivity index (χ0n) is 10.00. The average Bonchev–Trinajstić information content (AvgIpc) is 2.63. The van der Waals surface area contributed by atoms with Gasteiger partial charge in [-0.05, 0) is 30.7 Å². The number of halogens is 2. The van der Waals surface area contributed by atoms with Crippen molar-refractivity contribution >= 4 is 39.1 Å². The molecule has 1 aromatic heterocycles. The summed E-state index contributed by atoms with van der Waals surface area (Å²) in [6.45, 7) is 1.94. The Hall–Kier alpha value is -1.26. The first-order chi connectivity index (χ1) is 8.47. The predicted octanol–water partition coefficient (Wildman–Crippen LogP) is 4.00. The first-order valence-corrected chi connectivity index (χ1v) is 6.54. The zero-order valence-corrected chi connectivity index (χ0v) is 12.3. The van der Waals surface area contributed by atoms with E-state index in [9.17, 15) is 4.79 Å². The fraction of sp³-hybridized carbons (Fsp3) is 0.154. The van der Waals surface area contributed by atoms with Crippen molar-refractivity contribution in [3.63, 3.8) is 0 Å². The Morgan fingerprint density at radius 3 is 2.72 bits per heavy atom. The Labute approximate surface area is 119 Å². The van der Waals surface area contributed by atoms with Crippen LogP contribution in [0.3, 0.4) is 0 Å². The minimum Gasteiger partial charge on any atom is -0.345 e. The monoisotopic (exact) mass is 326 g/mol. The van der Waals surface area contributed by atoms with Crippen LogP contribution in [0.4, 0.5) is 5.69 Å². The number of amides is 1. The van der Waals surface area contributed by atoms with E-state index in [1.54, 1.807) is 23.9 Å². The summed E-state index contributed by atoms with van der Waals surface area (Å²) in [7, 11) is 1.79. The third-order valence-corrected chi connectivity index (χ3v) is 3.35. The van der Waals surface area contributed by atoms with E-state index in [1.807, 2.05) is 25.1 Å². The molecule has 5 heteroatoms. The van der Waals surface area contributed by atoms with E-state index < -0.39 is 0 Å². The van der Waals surface area contributed by atoms with Crippen molar-refractivity contribution in [1.82, 2.24) is 4.57 Å². The number of nitrogens with zero attached hydrogens (tertiary/aromatic N) is 1. The standard InChI is InChI=1S/C13H12BrClN2O/c1-8-3-4-9(14)5-11(8)16-13(18)12-6-10(15)7-17(12)2/h3-7H,1-2H3,(H,16,18). The topological polar surface area (TPSA) is 34.0 Å². The number of hydrogen-bond acceptors (Lipinski definition) is 1. The molecule has 3 nitrogen and oxygen atoms in total. The maximum atomic E-state index is 12.1. The Morgan fingerprint density at radius 1 is 1.39 bits per heavy atom. The van der Waals surface area contributed by atoms with Gasteiger partial charge in [0.2, 0.25) is 0 Å². The molecule has 1 N–H and O–H groups in total. The van der Waals surface area contributed by atoms with Gasteiger partial charge in [-0.3, -0.25) is 4.79 Å². The smallest absolute Gasteiger partial charge is 0.272 e. The highest BCUT2D eigenvalue weighted by atomic mass is 79.9. The second kappa shape index (κ2) is 5.16. The summed E-state index contributed by atoms with van der Waals surface area (Å²) < 4.78 is 2.62. The fourth-order valence-electron chi connectivity index (χ4n) is 1.67. The molecule has 0 unspecified atom stereocenters. The highest BCUT2D eigenvalue weighted by Crippen LogP contribution is 2.22. The van der Waals surface area contributed by atoms with E-state index in [1.165, 1.54) is 0 Å². The van der Waals surface area contributed by atoms with Gasteiger partial charge in [0.1, 0.15) is 5.69 Å². The van der Waals surface area contributed by atoms with Gasteiger partial charge in [-0.15, -0.1) is 0 Å². The van der Waals surface area contributed by atoms with E-state index in [0.29, 0.717) is 10.7 Å². The van der Waals surface area contributed by atoms with Crippen molar-refractivity contribution in [3.05, 3.63) is 51.2 Å². The van der Waals surface area contributed by atoms with Crippen LogP contribution < -0.4 is 5.32 Å². The Morgan fingerprint density at radius 2 is 2.11 bits per heavy atom. The van der Waals surface area contributed by atoms with Crippen molar-refractivity contribution < 1.29 is 4.79 Å². The molecule has 0 fully saturated rings. The number of carbonyl (C=O) groups excluding carboxylic acids is 1. The summed E-state index contributed by atoms with van der Waals surface area (Å²) in [5, 5.41) is 3.42. The first kappa shape index (κ1) is 13.2.